The first-order chi connectivity index (χ1) is 6.75. The molecule has 1 aromatic rings. The molecule has 1 aromatic carbocycles. The fourth-order valence-corrected chi connectivity index (χ4v) is 1.91. The van der Waals surface area contributed by atoms with Crippen molar-refractivity contribution in [1.29, 1.82) is 0 Å². The van der Waals surface area contributed by atoms with Gasteiger partial charge in [0.05, 0.1) is 0 Å². The molecule has 0 unspecified atom stereocenters. The average Bonchev–Trinajstić information content (AvgIpc) is 2.61. The van der Waals surface area contributed by atoms with Crippen molar-refractivity contribution in [2.45, 2.75) is 25.8 Å². The Bertz CT molecular complexity index is 360. The van der Waals surface area contributed by atoms with Crippen LogP contribution in [0.4, 0.5) is 4.79 Å². The van der Waals surface area contributed by atoms with Gasteiger partial charge in [0.2, 0.25) is 0 Å². The molecular formula is C11H13NO2. The maximum atomic E-state index is 10.3. The molecule has 0 atom stereocenters. The lowest BCUT2D eigenvalue weighted by Gasteiger charge is -2.04. The van der Waals surface area contributed by atoms with E-state index in [4.69, 9.17) is 5.11 Å². The van der Waals surface area contributed by atoms with E-state index in [9.17, 15) is 4.79 Å². The Hall–Kier alpha value is -1.51. The first kappa shape index (κ1) is 9.06. The third-order valence-corrected chi connectivity index (χ3v) is 2.61. The van der Waals surface area contributed by atoms with Crippen LogP contribution in [-0.4, -0.2) is 11.2 Å². The number of amides is 1. The van der Waals surface area contributed by atoms with Crippen LogP contribution in [0.1, 0.15) is 23.1 Å². The molecule has 1 aliphatic rings. The summed E-state index contributed by atoms with van der Waals surface area (Å²) in [4.78, 5) is 10.3. The Morgan fingerprint density at radius 2 is 2.14 bits per heavy atom. The molecule has 0 fully saturated rings. The van der Waals surface area contributed by atoms with Gasteiger partial charge in [-0.15, -0.1) is 0 Å². The van der Waals surface area contributed by atoms with Crippen molar-refractivity contribution in [2.24, 2.45) is 0 Å². The van der Waals surface area contributed by atoms with Gasteiger partial charge in [-0.3, -0.25) is 0 Å². The minimum Gasteiger partial charge on any atom is -0.465 e. The van der Waals surface area contributed by atoms with Crippen LogP contribution in [0.25, 0.3) is 0 Å². The fraction of sp³-hybridized carbons (Fsp3) is 0.364. The molecule has 0 radical (unpaired) electrons. The van der Waals surface area contributed by atoms with Crippen LogP contribution < -0.4 is 5.32 Å². The zero-order chi connectivity index (χ0) is 9.97. The number of aryl methyl sites for hydroxylation is 2. The summed E-state index contributed by atoms with van der Waals surface area (Å²) in [5, 5.41) is 10.8. The first-order valence-corrected chi connectivity index (χ1v) is 4.83. The van der Waals surface area contributed by atoms with E-state index in [0.29, 0.717) is 6.54 Å². The molecule has 0 bridgehead atoms. The molecule has 14 heavy (non-hydrogen) atoms. The van der Waals surface area contributed by atoms with Crippen LogP contribution in [0, 0.1) is 0 Å². The van der Waals surface area contributed by atoms with E-state index >= 15 is 0 Å². The number of fused-ring (bicyclic) bond motifs is 1. The summed E-state index contributed by atoms with van der Waals surface area (Å²) in [6.07, 6.45) is 2.56. The second kappa shape index (κ2) is 3.70. The molecule has 1 aliphatic carbocycles. The predicted octanol–water partition coefficient (Wildman–Crippen LogP) is 1.94. The maximum Gasteiger partial charge on any atom is 0.404 e. The minimum absolute atomic E-state index is 0.405. The molecule has 2 N–H and O–H groups in total. The number of hydrogen-bond acceptors (Lipinski definition) is 1. The van der Waals surface area contributed by atoms with E-state index in [1.165, 1.54) is 24.0 Å². The highest BCUT2D eigenvalue weighted by Gasteiger charge is 2.10. The second-order valence-electron chi connectivity index (χ2n) is 3.62. The van der Waals surface area contributed by atoms with Gasteiger partial charge < -0.3 is 10.4 Å². The normalized spacial score (nSPS) is 13.7. The lowest BCUT2D eigenvalue weighted by Crippen LogP contribution is -2.19. The van der Waals surface area contributed by atoms with Crippen LogP contribution in [0.15, 0.2) is 18.2 Å². The molecule has 1 amide bonds. The number of carboxylic acid groups (broad SMARTS) is 1. The van der Waals surface area contributed by atoms with Crippen LogP contribution in [0.2, 0.25) is 0 Å². The molecule has 2 rings (SSSR count). The second-order valence-corrected chi connectivity index (χ2v) is 3.62. The third kappa shape index (κ3) is 1.87. The van der Waals surface area contributed by atoms with E-state index in [0.717, 1.165) is 12.0 Å². The standard InChI is InChI=1S/C11H13NO2/c13-11(14)12-7-8-4-5-9-2-1-3-10(9)6-8/h4-6,12H,1-3,7H2,(H,13,14). The summed E-state index contributed by atoms with van der Waals surface area (Å²) >= 11 is 0. The summed E-state index contributed by atoms with van der Waals surface area (Å²) in [6, 6.07) is 6.22. The molecule has 0 heterocycles. The number of nitrogens with one attached hydrogen (secondary N) is 1. The number of rotatable bonds is 2. The Morgan fingerprint density at radius 3 is 2.93 bits per heavy atom. The quantitative estimate of drug-likeness (QED) is 0.750. The molecule has 0 saturated carbocycles. The van der Waals surface area contributed by atoms with Gasteiger partial charge in [0.15, 0.2) is 0 Å². The molecule has 3 heteroatoms. The molecule has 74 valence electrons. The molecule has 0 spiro atoms. The van der Waals surface area contributed by atoms with Crippen molar-refractivity contribution in [2.75, 3.05) is 0 Å². The summed E-state index contributed by atoms with van der Waals surface area (Å²) in [5.74, 6) is 0. The van der Waals surface area contributed by atoms with Gasteiger partial charge in [0.25, 0.3) is 0 Å². The number of hydrogen-bond donors (Lipinski definition) is 2. The van der Waals surface area contributed by atoms with Gasteiger partial charge in [-0.25, -0.2) is 4.79 Å². The number of benzene rings is 1. The van der Waals surface area contributed by atoms with Gasteiger partial charge in [0.1, 0.15) is 0 Å². The van der Waals surface area contributed by atoms with E-state index in [-0.39, 0.29) is 0 Å². The highest BCUT2D eigenvalue weighted by atomic mass is 16.4. The average molecular weight is 191 g/mol. The summed E-state index contributed by atoms with van der Waals surface area (Å²) < 4.78 is 0. The van der Waals surface area contributed by atoms with Gasteiger partial charge >= 0.3 is 6.09 Å². The Morgan fingerprint density at radius 1 is 1.36 bits per heavy atom. The van der Waals surface area contributed by atoms with E-state index in [2.05, 4.69) is 17.4 Å². The molecule has 3 nitrogen and oxygen atoms in total. The maximum absolute atomic E-state index is 10.3. The van der Waals surface area contributed by atoms with Crippen LogP contribution >= 0.6 is 0 Å². The van der Waals surface area contributed by atoms with Gasteiger partial charge in [-0.05, 0) is 36.0 Å². The van der Waals surface area contributed by atoms with Gasteiger partial charge in [0, 0.05) is 6.54 Å². The van der Waals surface area contributed by atoms with Gasteiger partial charge in [-0.2, -0.15) is 0 Å². The van der Waals surface area contributed by atoms with Crippen LogP contribution in [0.3, 0.4) is 0 Å². The van der Waals surface area contributed by atoms with Crippen molar-refractivity contribution in [1.82, 2.24) is 5.32 Å². The monoisotopic (exact) mass is 191 g/mol. The zero-order valence-electron chi connectivity index (χ0n) is 7.92. The lowest BCUT2D eigenvalue weighted by atomic mass is 10.1. The molecular weight excluding hydrogens is 178 g/mol. The van der Waals surface area contributed by atoms with Crippen LogP contribution in [0.5, 0.6) is 0 Å². The summed E-state index contributed by atoms with van der Waals surface area (Å²) in [6.45, 7) is 0.405. The Balaban J connectivity index is 2.09. The predicted molar refractivity (Wildman–Crippen MR) is 53.3 cm³/mol. The van der Waals surface area contributed by atoms with Crippen LogP contribution in [-0.2, 0) is 19.4 Å². The highest BCUT2D eigenvalue weighted by molar-refractivity contribution is 5.64. The Labute approximate surface area is 82.8 Å². The van der Waals surface area contributed by atoms with Crippen molar-refractivity contribution in [3.8, 4) is 0 Å². The number of carbonyl (C=O) groups is 1. The molecule has 0 aromatic heterocycles. The first-order valence-electron chi connectivity index (χ1n) is 4.83. The topological polar surface area (TPSA) is 49.3 Å². The smallest absolute Gasteiger partial charge is 0.404 e. The van der Waals surface area contributed by atoms with Crippen molar-refractivity contribution in [3.63, 3.8) is 0 Å². The van der Waals surface area contributed by atoms with Crippen molar-refractivity contribution in [3.05, 3.63) is 34.9 Å². The lowest BCUT2D eigenvalue weighted by molar-refractivity contribution is 0.194. The van der Waals surface area contributed by atoms with Gasteiger partial charge in [-0.1, -0.05) is 18.2 Å². The zero-order valence-corrected chi connectivity index (χ0v) is 7.92. The van der Waals surface area contributed by atoms with E-state index in [1.54, 1.807) is 0 Å². The van der Waals surface area contributed by atoms with E-state index in [1.807, 2.05) is 6.07 Å². The Kier molecular flexibility index (Phi) is 2.39. The minimum atomic E-state index is -0.967. The summed E-state index contributed by atoms with van der Waals surface area (Å²) in [5.41, 5.74) is 3.85. The van der Waals surface area contributed by atoms with Crippen molar-refractivity contribution < 1.29 is 9.90 Å². The van der Waals surface area contributed by atoms with Crippen molar-refractivity contribution >= 4 is 6.09 Å². The molecule has 0 aliphatic heterocycles. The summed E-state index contributed by atoms with van der Waals surface area (Å²) in [7, 11) is 0. The molecule has 0 saturated heterocycles. The SMILES string of the molecule is O=C(O)NCc1ccc2c(c1)CCC2. The third-order valence-electron chi connectivity index (χ3n) is 2.61. The largest absolute Gasteiger partial charge is 0.465 e. The highest BCUT2D eigenvalue weighted by Crippen LogP contribution is 2.22. The van der Waals surface area contributed by atoms with E-state index < -0.39 is 6.09 Å². The fourth-order valence-electron chi connectivity index (χ4n) is 1.91.